The highest BCUT2D eigenvalue weighted by Crippen LogP contribution is 2.31. The van der Waals surface area contributed by atoms with Crippen LogP contribution in [0.1, 0.15) is 18.4 Å². The molecular weight excluding hydrogens is 464 g/mol. The Morgan fingerprint density at radius 2 is 1.76 bits per heavy atom. The van der Waals surface area contributed by atoms with E-state index >= 15 is 0 Å². The van der Waals surface area contributed by atoms with Crippen molar-refractivity contribution in [3.8, 4) is 5.75 Å². The van der Waals surface area contributed by atoms with Crippen LogP contribution in [0.4, 0.5) is 11.4 Å². The molecule has 33 heavy (non-hydrogen) atoms. The van der Waals surface area contributed by atoms with Gasteiger partial charge in [0.15, 0.2) is 0 Å². The van der Waals surface area contributed by atoms with Crippen molar-refractivity contribution in [1.82, 2.24) is 0 Å². The maximum Gasteiger partial charge on any atom is 0.307 e. The number of rotatable bonds is 8. The Morgan fingerprint density at radius 3 is 2.39 bits per heavy atom. The molecule has 0 bridgehead atoms. The number of carbonyl (C=O) groups excluding carboxylic acids is 2. The fourth-order valence-electron chi connectivity index (χ4n) is 3.51. The number of thioether (sulfide) groups is 1. The second kappa shape index (κ2) is 11.2. The van der Waals surface area contributed by atoms with Crippen molar-refractivity contribution >= 4 is 52.5 Å². The van der Waals surface area contributed by atoms with Gasteiger partial charge in [0.1, 0.15) is 5.75 Å². The number of amides is 2. The third-order valence-electron chi connectivity index (χ3n) is 5.33. The summed E-state index contributed by atoms with van der Waals surface area (Å²) in [6.07, 6.45) is 4.40. The molecule has 0 saturated heterocycles. The van der Waals surface area contributed by atoms with Crippen LogP contribution in [-0.2, 0) is 14.4 Å². The minimum Gasteiger partial charge on any atom is -0.495 e. The van der Waals surface area contributed by atoms with Gasteiger partial charge in [0.2, 0.25) is 11.8 Å². The zero-order chi connectivity index (χ0) is 24.0. The maximum atomic E-state index is 12.6. The fraction of sp³-hybridized carbons (Fsp3) is 0.292. The van der Waals surface area contributed by atoms with E-state index in [9.17, 15) is 19.5 Å². The van der Waals surface area contributed by atoms with Gasteiger partial charge in [-0.15, -0.1) is 11.8 Å². The van der Waals surface area contributed by atoms with E-state index in [1.54, 1.807) is 42.5 Å². The second-order valence-electron chi connectivity index (χ2n) is 7.65. The summed E-state index contributed by atoms with van der Waals surface area (Å²) < 4.78 is 5.28. The Bertz CT molecular complexity index is 1070. The van der Waals surface area contributed by atoms with Crippen molar-refractivity contribution in [2.75, 3.05) is 23.5 Å². The number of carboxylic acids is 1. The van der Waals surface area contributed by atoms with E-state index in [4.69, 9.17) is 16.3 Å². The Morgan fingerprint density at radius 1 is 1.09 bits per heavy atom. The molecule has 2 amide bonds. The number of hydrogen-bond acceptors (Lipinski definition) is 5. The van der Waals surface area contributed by atoms with Crippen molar-refractivity contribution in [3.63, 3.8) is 0 Å². The van der Waals surface area contributed by atoms with Crippen LogP contribution in [0.3, 0.4) is 0 Å². The van der Waals surface area contributed by atoms with E-state index in [1.165, 1.54) is 18.9 Å². The van der Waals surface area contributed by atoms with Crippen LogP contribution >= 0.6 is 23.4 Å². The number of aryl methyl sites for hydroxylation is 1. The Hall–Kier alpha value is -2.97. The van der Waals surface area contributed by atoms with Crippen LogP contribution in [0.25, 0.3) is 0 Å². The lowest BCUT2D eigenvalue weighted by Gasteiger charge is -2.24. The molecule has 2 atom stereocenters. The highest BCUT2D eigenvalue weighted by atomic mass is 35.5. The first-order chi connectivity index (χ1) is 15.8. The molecule has 0 saturated carbocycles. The molecule has 3 rings (SSSR count). The fourth-order valence-corrected chi connectivity index (χ4v) is 4.36. The van der Waals surface area contributed by atoms with Gasteiger partial charge in [-0.1, -0.05) is 23.8 Å². The van der Waals surface area contributed by atoms with Gasteiger partial charge < -0.3 is 20.5 Å². The minimum atomic E-state index is -0.962. The van der Waals surface area contributed by atoms with E-state index in [0.29, 0.717) is 35.0 Å². The van der Waals surface area contributed by atoms with Gasteiger partial charge in [-0.25, -0.2) is 0 Å². The predicted octanol–water partition coefficient (Wildman–Crippen LogP) is 4.99. The first-order valence-electron chi connectivity index (χ1n) is 10.3. The van der Waals surface area contributed by atoms with E-state index in [1.807, 2.05) is 13.0 Å². The summed E-state index contributed by atoms with van der Waals surface area (Å²) in [5.74, 6) is -2.10. The monoisotopic (exact) mass is 488 g/mol. The number of anilines is 2. The SMILES string of the molecule is COc1cc(Cl)c(C)cc1NC(=O)CSc1ccc(NC(=O)C2CC=CCC2C(=O)O)cc1. The second-order valence-corrected chi connectivity index (χ2v) is 9.10. The van der Waals surface area contributed by atoms with Crippen LogP contribution in [-0.4, -0.2) is 35.8 Å². The number of halogens is 1. The molecule has 7 nitrogen and oxygen atoms in total. The van der Waals surface area contributed by atoms with Crippen LogP contribution in [0.15, 0.2) is 53.4 Å². The summed E-state index contributed by atoms with van der Waals surface area (Å²) in [4.78, 5) is 37.2. The standard InChI is InChI=1S/C24H25ClN2O5S/c1-14-11-20(21(32-2)12-19(14)25)27-22(28)13-33-16-9-7-15(8-10-16)26-23(29)17-5-3-4-6-18(17)24(30)31/h3-4,7-12,17-18H,5-6,13H2,1-2H3,(H,26,29)(H,27,28)(H,30,31). The number of hydrogen-bond donors (Lipinski definition) is 3. The average molecular weight is 489 g/mol. The smallest absolute Gasteiger partial charge is 0.307 e. The molecule has 0 heterocycles. The Labute approximate surface area is 201 Å². The van der Waals surface area contributed by atoms with Crippen LogP contribution < -0.4 is 15.4 Å². The van der Waals surface area contributed by atoms with E-state index < -0.39 is 17.8 Å². The molecule has 0 spiro atoms. The highest BCUT2D eigenvalue weighted by Gasteiger charge is 2.33. The van der Waals surface area contributed by atoms with Crippen LogP contribution in [0.2, 0.25) is 5.02 Å². The number of carboxylic acid groups (broad SMARTS) is 1. The molecule has 0 aromatic heterocycles. The Balaban J connectivity index is 1.54. The van der Waals surface area contributed by atoms with Crippen LogP contribution in [0, 0.1) is 18.8 Å². The molecule has 2 aromatic carbocycles. The zero-order valence-corrected chi connectivity index (χ0v) is 19.8. The largest absolute Gasteiger partial charge is 0.495 e. The molecule has 9 heteroatoms. The topological polar surface area (TPSA) is 105 Å². The van der Waals surface area contributed by atoms with Gasteiger partial charge in [0, 0.05) is 21.7 Å². The predicted molar refractivity (Wildman–Crippen MR) is 130 cm³/mol. The van der Waals surface area contributed by atoms with E-state index in [2.05, 4.69) is 10.6 Å². The molecule has 1 aliphatic carbocycles. The molecule has 0 aliphatic heterocycles. The van der Waals surface area contributed by atoms with Gasteiger partial charge in [0.05, 0.1) is 30.4 Å². The number of nitrogens with one attached hydrogen (secondary N) is 2. The van der Waals surface area contributed by atoms with Crippen molar-refractivity contribution in [1.29, 1.82) is 0 Å². The lowest BCUT2D eigenvalue weighted by molar-refractivity contribution is -0.146. The highest BCUT2D eigenvalue weighted by molar-refractivity contribution is 8.00. The number of aliphatic carboxylic acids is 1. The maximum absolute atomic E-state index is 12.6. The summed E-state index contributed by atoms with van der Waals surface area (Å²) in [6, 6.07) is 10.5. The average Bonchev–Trinajstić information content (AvgIpc) is 2.80. The molecule has 174 valence electrons. The van der Waals surface area contributed by atoms with Gasteiger partial charge >= 0.3 is 5.97 Å². The Kier molecular flexibility index (Phi) is 8.41. The van der Waals surface area contributed by atoms with Gasteiger partial charge in [-0.05, 0) is 55.7 Å². The first kappa shape index (κ1) is 24.7. The molecule has 3 N–H and O–H groups in total. The van der Waals surface area contributed by atoms with Gasteiger partial charge in [-0.3, -0.25) is 14.4 Å². The number of allylic oxidation sites excluding steroid dienone is 2. The summed E-state index contributed by atoms with van der Waals surface area (Å²) >= 11 is 7.45. The van der Waals surface area contributed by atoms with Gasteiger partial charge in [-0.2, -0.15) is 0 Å². The molecular formula is C24H25ClN2O5S. The van der Waals surface area contributed by atoms with E-state index in [-0.39, 0.29) is 17.6 Å². The first-order valence-corrected chi connectivity index (χ1v) is 11.7. The third kappa shape index (κ3) is 6.52. The summed E-state index contributed by atoms with van der Waals surface area (Å²) in [7, 11) is 1.51. The third-order valence-corrected chi connectivity index (χ3v) is 6.75. The van der Waals surface area contributed by atoms with Crippen molar-refractivity contribution in [2.45, 2.75) is 24.7 Å². The summed E-state index contributed by atoms with van der Waals surface area (Å²) in [6.45, 7) is 1.85. The molecule has 0 radical (unpaired) electrons. The molecule has 1 aliphatic rings. The summed E-state index contributed by atoms with van der Waals surface area (Å²) in [5, 5.41) is 15.5. The van der Waals surface area contributed by atoms with Crippen molar-refractivity contribution < 1.29 is 24.2 Å². The number of methoxy groups -OCH3 is 1. The molecule has 2 unspecified atom stereocenters. The lowest BCUT2D eigenvalue weighted by Crippen LogP contribution is -2.34. The van der Waals surface area contributed by atoms with E-state index in [0.717, 1.165) is 10.5 Å². The van der Waals surface area contributed by atoms with Crippen molar-refractivity contribution in [3.05, 3.63) is 59.1 Å². The number of carbonyl (C=O) groups is 3. The van der Waals surface area contributed by atoms with Crippen molar-refractivity contribution in [2.24, 2.45) is 11.8 Å². The molecule has 2 aromatic rings. The zero-order valence-electron chi connectivity index (χ0n) is 18.3. The number of ether oxygens (including phenoxy) is 1. The quantitative estimate of drug-likeness (QED) is 0.357. The van der Waals surface area contributed by atoms with Crippen LogP contribution in [0.5, 0.6) is 5.75 Å². The van der Waals surface area contributed by atoms with Gasteiger partial charge in [0.25, 0.3) is 0 Å². The normalized spacial score (nSPS) is 17.3. The minimum absolute atomic E-state index is 0.186. The summed E-state index contributed by atoms with van der Waals surface area (Å²) in [5.41, 5.74) is 1.96. The molecule has 0 fully saturated rings. The number of benzene rings is 2. The lowest BCUT2D eigenvalue weighted by atomic mass is 9.82.